The number of methoxy groups -OCH3 is 1. The van der Waals surface area contributed by atoms with E-state index in [0.717, 1.165) is 10.4 Å². The number of morpholine rings is 1. The number of amides is 2. The molecule has 0 aliphatic carbocycles. The minimum atomic E-state index is -0.681. The van der Waals surface area contributed by atoms with Crippen LogP contribution in [0.15, 0.2) is 54.7 Å². The summed E-state index contributed by atoms with van der Waals surface area (Å²) < 4.78 is 16.0. The molecule has 2 heterocycles. The highest BCUT2D eigenvalue weighted by atomic mass is 32.1. The Morgan fingerprint density at radius 2 is 1.91 bits per heavy atom. The summed E-state index contributed by atoms with van der Waals surface area (Å²) in [6.45, 7) is 2.90. The lowest BCUT2D eigenvalue weighted by molar-refractivity contribution is -0.118. The molecule has 1 fully saturated rings. The van der Waals surface area contributed by atoms with Gasteiger partial charge in [-0.3, -0.25) is 15.0 Å². The first-order chi connectivity index (χ1) is 16.1. The number of carbonyl (C=O) groups is 2. The second kappa shape index (κ2) is 10.9. The lowest BCUT2D eigenvalue weighted by Crippen LogP contribution is -2.41. The third-order valence-electron chi connectivity index (χ3n) is 4.91. The van der Waals surface area contributed by atoms with Gasteiger partial charge in [0.25, 0.3) is 5.19 Å². The summed E-state index contributed by atoms with van der Waals surface area (Å²) in [5.74, 6) is 0.308. The molecule has 3 aromatic rings. The van der Waals surface area contributed by atoms with Crippen LogP contribution in [0.4, 0.5) is 16.2 Å². The summed E-state index contributed by atoms with van der Waals surface area (Å²) in [6, 6.07) is 14.7. The van der Waals surface area contributed by atoms with E-state index in [9.17, 15) is 9.59 Å². The summed E-state index contributed by atoms with van der Waals surface area (Å²) in [7, 11) is 1.51. The van der Waals surface area contributed by atoms with Crippen molar-refractivity contribution in [2.24, 2.45) is 0 Å². The van der Waals surface area contributed by atoms with Crippen molar-refractivity contribution in [2.75, 3.05) is 50.6 Å². The van der Waals surface area contributed by atoms with Gasteiger partial charge >= 0.3 is 6.09 Å². The quantitative estimate of drug-likeness (QED) is 0.545. The molecule has 33 heavy (non-hydrogen) atoms. The van der Waals surface area contributed by atoms with Crippen LogP contribution in [0.5, 0.6) is 10.9 Å². The smallest absolute Gasteiger partial charge is 0.419 e. The Labute approximate surface area is 195 Å². The average molecular weight is 469 g/mol. The molecule has 2 amide bonds. The van der Waals surface area contributed by atoms with Crippen molar-refractivity contribution in [2.45, 2.75) is 0 Å². The minimum absolute atomic E-state index is 0.175. The zero-order chi connectivity index (χ0) is 23.0. The van der Waals surface area contributed by atoms with Crippen LogP contribution in [-0.4, -0.2) is 61.8 Å². The largest absolute Gasteiger partial charge is 0.495 e. The lowest BCUT2D eigenvalue weighted by Gasteiger charge is -2.26. The van der Waals surface area contributed by atoms with Gasteiger partial charge in [-0.25, -0.2) is 9.78 Å². The fourth-order valence-electron chi connectivity index (χ4n) is 3.30. The van der Waals surface area contributed by atoms with Crippen LogP contribution in [0, 0.1) is 0 Å². The number of rotatable bonds is 7. The van der Waals surface area contributed by atoms with Crippen LogP contribution >= 0.6 is 11.3 Å². The summed E-state index contributed by atoms with van der Waals surface area (Å²) >= 11 is 1.27. The van der Waals surface area contributed by atoms with Gasteiger partial charge < -0.3 is 19.5 Å². The molecule has 1 aliphatic heterocycles. The van der Waals surface area contributed by atoms with Gasteiger partial charge in [-0.05, 0) is 23.8 Å². The molecule has 0 spiro atoms. The van der Waals surface area contributed by atoms with E-state index in [1.807, 2.05) is 35.2 Å². The van der Waals surface area contributed by atoms with Gasteiger partial charge in [-0.15, -0.1) is 0 Å². The van der Waals surface area contributed by atoms with Crippen molar-refractivity contribution in [1.29, 1.82) is 0 Å². The van der Waals surface area contributed by atoms with Crippen LogP contribution in [0.3, 0.4) is 0 Å². The molecule has 0 radical (unpaired) electrons. The zero-order valence-corrected chi connectivity index (χ0v) is 18.9. The van der Waals surface area contributed by atoms with E-state index in [4.69, 9.17) is 14.2 Å². The first-order valence-corrected chi connectivity index (χ1v) is 11.2. The number of hydrogen-bond acceptors (Lipinski definition) is 8. The predicted octanol–water partition coefficient (Wildman–Crippen LogP) is 3.70. The fraction of sp³-hybridized carbons (Fsp3) is 0.261. The van der Waals surface area contributed by atoms with Crippen molar-refractivity contribution in [3.8, 4) is 21.4 Å². The molecule has 0 saturated carbocycles. The summed E-state index contributed by atoms with van der Waals surface area (Å²) in [6.07, 6.45) is 0.984. The van der Waals surface area contributed by atoms with Gasteiger partial charge in [0.2, 0.25) is 5.91 Å². The van der Waals surface area contributed by atoms with E-state index < -0.39 is 6.09 Å². The highest BCUT2D eigenvalue weighted by Crippen LogP contribution is 2.31. The van der Waals surface area contributed by atoms with Crippen molar-refractivity contribution >= 4 is 34.7 Å². The number of ether oxygens (including phenoxy) is 3. The van der Waals surface area contributed by atoms with Crippen molar-refractivity contribution in [1.82, 2.24) is 9.88 Å². The predicted molar refractivity (Wildman–Crippen MR) is 126 cm³/mol. The molecule has 1 aliphatic rings. The maximum absolute atomic E-state index is 12.5. The third-order valence-corrected chi connectivity index (χ3v) is 5.84. The Kier molecular flexibility index (Phi) is 7.51. The number of benzene rings is 2. The van der Waals surface area contributed by atoms with Crippen LogP contribution in [0.25, 0.3) is 10.4 Å². The second-order valence-electron chi connectivity index (χ2n) is 7.22. The number of hydrogen-bond donors (Lipinski definition) is 2. The Balaban J connectivity index is 1.37. The maximum Gasteiger partial charge on any atom is 0.419 e. The topological polar surface area (TPSA) is 102 Å². The van der Waals surface area contributed by atoms with Crippen molar-refractivity contribution < 1.29 is 23.8 Å². The standard InChI is InChI=1S/C23H24N4O5S/c1-30-19-8-7-17(13-18(19)26-21(28)15-27-9-11-31-12-10-27)25-22(29)32-23-24-14-20(33-23)16-5-3-2-4-6-16/h2-8,13-14H,9-12,15H2,1H3,(H,25,29)(H,26,28). The number of anilines is 2. The summed E-state index contributed by atoms with van der Waals surface area (Å²) in [5.41, 5.74) is 1.90. The Bertz CT molecular complexity index is 1100. The van der Waals surface area contributed by atoms with Crippen LogP contribution in [0.2, 0.25) is 0 Å². The van der Waals surface area contributed by atoms with Gasteiger partial charge in [0.15, 0.2) is 0 Å². The van der Waals surface area contributed by atoms with Crippen LogP contribution in [0.1, 0.15) is 0 Å². The van der Waals surface area contributed by atoms with Crippen molar-refractivity contribution in [3.05, 3.63) is 54.7 Å². The molecular weight excluding hydrogens is 444 g/mol. The van der Waals surface area contributed by atoms with E-state index in [2.05, 4.69) is 15.6 Å². The SMILES string of the molecule is COc1ccc(NC(=O)Oc2ncc(-c3ccccc3)s2)cc1NC(=O)CN1CCOCC1. The third kappa shape index (κ3) is 6.28. The van der Waals surface area contributed by atoms with Gasteiger partial charge in [0.05, 0.1) is 37.4 Å². The van der Waals surface area contributed by atoms with Gasteiger partial charge in [0, 0.05) is 25.0 Å². The molecule has 172 valence electrons. The molecule has 10 heteroatoms. The van der Waals surface area contributed by atoms with E-state index in [1.165, 1.54) is 18.4 Å². The molecule has 0 bridgehead atoms. The van der Waals surface area contributed by atoms with Crippen LogP contribution < -0.4 is 20.1 Å². The summed E-state index contributed by atoms with van der Waals surface area (Å²) in [4.78, 5) is 31.9. The first-order valence-electron chi connectivity index (χ1n) is 10.4. The van der Waals surface area contributed by atoms with Crippen LogP contribution in [-0.2, 0) is 9.53 Å². The fourth-order valence-corrected chi connectivity index (χ4v) is 4.07. The number of nitrogens with zero attached hydrogens (tertiary/aromatic N) is 2. The first kappa shape index (κ1) is 22.7. The van der Waals surface area contributed by atoms with Crippen molar-refractivity contribution in [3.63, 3.8) is 0 Å². The van der Waals surface area contributed by atoms with E-state index in [-0.39, 0.29) is 17.6 Å². The molecule has 1 saturated heterocycles. The van der Waals surface area contributed by atoms with E-state index >= 15 is 0 Å². The van der Waals surface area contributed by atoms with E-state index in [0.29, 0.717) is 43.4 Å². The van der Waals surface area contributed by atoms with Gasteiger partial charge in [0.1, 0.15) is 5.75 Å². The minimum Gasteiger partial charge on any atom is -0.495 e. The highest BCUT2D eigenvalue weighted by molar-refractivity contribution is 7.16. The Hall–Kier alpha value is -3.47. The molecule has 9 nitrogen and oxygen atoms in total. The number of aromatic nitrogens is 1. The molecule has 2 aromatic carbocycles. The Morgan fingerprint density at radius 3 is 2.67 bits per heavy atom. The van der Waals surface area contributed by atoms with Gasteiger partial charge in [-0.1, -0.05) is 41.7 Å². The number of thiazole rings is 1. The number of nitrogens with one attached hydrogen (secondary N) is 2. The molecule has 2 N–H and O–H groups in total. The molecule has 1 aromatic heterocycles. The maximum atomic E-state index is 12.5. The molecule has 0 unspecified atom stereocenters. The molecule has 4 rings (SSSR count). The van der Waals surface area contributed by atoms with E-state index in [1.54, 1.807) is 24.4 Å². The monoisotopic (exact) mass is 468 g/mol. The molecular formula is C23H24N4O5S. The Morgan fingerprint density at radius 1 is 1.12 bits per heavy atom. The zero-order valence-electron chi connectivity index (χ0n) is 18.1. The summed E-state index contributed by atoms with van der Waals surface area (Å²) in [5, 5.41) is 5.74. The lowest BCUT2D eigenvalue weighted by atomic mass is 10.2. The van der Waals surface area contributed by atoms with Gasteiger partial charge in [-0.2, -0.15) is 0 Å². The normalized spacial score (nSPS) is 13.8. The molecule has 0 atom stereocenters. The average Bonchev–Trinajstić information content (AvgIpc) is 3.29. The number of carbonyl (C=O) groups excluding carboxylic acids is 2. The highest BCUT2D eigenvalue weighted by Gasteiger charge is 2.17. The second-order valence-corrected chi connectivity index (χ2v) is 8.22.